The number of fused-ring (bicyclic) bond motifs is 1. The fourth-order valence-corrected chi connectivity index (χ4v) is 3.12. The summed E-state index contributed by atoms with van der Waals surface area (Å²) in [6.07, 6.45) is 2.86. The minimum Gasteiger partial charge on any atom is -0.371 e. The molecule has 23 heavy (non-hydrogen) atoms. The lowest BCUT2D eigenvalue weighted by Gasteiger charge is -2.29. The van der Waals surface area contributed by atoms with Crippen molar-refractivity contribution in [2.45, 2.75) is 19.3 Å². The van der Waals surface area contributed by atoms with E-state index < -0.39 is 0 Å². The highest BCUT2D eigenvalue weighted by molar-refractivity contribution is 7.82. The van der Waals surface area contributed by atoms with Gasteiger partial charge in [-0.2, -0.15) is 0 Å². The van der Waals surface area contributed by atoms with Crippen molar-refractivity contribution in [1.29, 1.82) is 0 Å². The average molecular weight is 324 g/mol. The molecule has 3 rings (SSSR count). The third-order valence-electron chi connectivity index (χ3n) is 4.09. The molecular weight excluding hydrogens is 304 g/mol. The molecule has 1 amide bonds. The fraction of sp³-hybridized carbons (Fsp3) is 0.263. The third-order valence-corrected chi connectivity index (χ3v) is 4.41. The van der Waals surface area contributed by atoms with Crippen LogP contribution in [0.4, 0.5) is 5.69 Å². The van der Waals surface area contributed by atoms with Crippen molar-refractivity contribution in [3.63, 3.8) is 0 Å². The summed E-state index contributed by atoms with van der Waals surface area (Å²) in [5, 5.41) is 3.10. The number of aryl methyl sites for hydroxylation is 1. The molecule has 118 valence electrons. The molecule has 0 spiro atoms. The Bertz CT molecular complexity index is 700. The zero-order valence-electron chi connectivity index (χ0n) is 13.0. The first-order chi connectivity index (χ1) is 11.3. The summed E-state index contributed by atoms with van der Waals surface area (Å²) in [7, 11) is 0. The molecule has 3 nitrogen and oxygen atoms in total. The molecule has 0 unspecified atom stereocenters. The monoisotopic (exact) mass is 324 g/mol. The topological polar surface area (TPSA) is 32.3 Å². The zero-order chi connectivity index (χ0) is 16.1. The van der Waals surface area contributed by atoms with Crippen LogP contribution in [0.3, 0.4) is 0 Å². The lowest BCUT2D eigenvalue weighted by Crippen LogP contribution is -2.44. The Morgan fingerprint density at radius 1 is 1.09 bits per heavy atom. The van der Waals surface area contributed by atoms with Gasteiger partial charge in [-0.25, -0.2) is 0 Å². The molecule has 0 saturated heterocycles. The Kier molecular flexibility index (Phi) is 5.03. The number of nitrogens with one attached hydrogen (secondary N) is 1. The van der Waals surface area contributed by atoms with Crippen LogP contribution in [-0.2, 0) is 17.6 Å². The first kappa shape index (κ1) is 15.7. The number of para-hydroxylation sites is 1. The van der Waals surface area contributed by atoms with E-state index in [0.717, 1.165) is 31.5 Å². The molecule has 0 bridgehead atoms. The Morgan fingerprint density at radius 3 is 2.65 bits per heavy atom. The lowest BCUT2D eigenvalue weighted by atomic mass is 10.0. The highest BCUT2D eigenvalue weighted by Crippen LogP contribution is 2.26. The highest BCUT2D eigenvalue weighted by atomic mass is 32.1. The van der Waals surface area contributed by atoms with E-state index in [-0.39, 0.29) is 5.91 Å². The molecule has 1 aliphatic heterocycles. The van der Waals surface area contributed by atoms with Gasteiger partial charge >= 0.3 is 0 Å². The van der Waals surface area contributed by atoms with Gasteiger partial charge in [-0.05, 0) is 36.5 Å². The van der Waals surface area contributed by atoms with Gasteiger partial charge in [0.1, 0.15) is 0 Å². The van der Waals surface area contributed by atoms with Crippen LogP contribution in [0.1, 0.15) is 17.5 Å². The summed E-state index contributed by atoms with van der Waals surface area (Å²) in [4.78, 5) is 14.7. The number of nitrogens with zero attached hydrogens (tertiary/aromatic N) is 1. The fourth-order valence-electron chi connectivity index (χ4n) is 2.91. The molecule has 0 saturated carbocycles. The molecule has 1 N–H and O–H groups in total. The van der Waals surface area contributed by atoms with Crippen molar-refractivity contribution < 1.29 is 4.79 Å². The Morgan fingerprint density at radius 2 is 1.83 bits per heavy atom. The van der Waals surface area contributed by atoms with E-state index in [1.165, 1.54) is 11.1 Å². The molecule has 2 aromatic carbocycles. The Labute approximate surface area is 142 Å². The molecule has 0 radical (unpaired) electrons. The van der Waals surface area contributed by atoms with Crippen LogP contribution in [0.5, 0.6) is 0 Å². The van der Waals surface area contributed by atoms with Crippen molar-refractivity contribution in [3.8, 4) is 0 Å². The van der Waals surface area contributed by atoms with Crippen LogP contribution in [0.25, 0.3) is 0 Å². The predicted octanol–water partition coefficient (Wildman–Crippen LogP) is 3.13. The lowest BCUT2D eigenvalue weighted by molar-refractivity contribution is -0.112. The van der Waals surface area contributed by atoms with Gasteiger partial charge in [0.2, 0.25) is 0 Å². The summed E-state index contributed by atoms with van der Waals surface area (Å²) in [6.45, 7) is 1.40. The summed E-state index contributed by atoms with van der Waals surface area (Å²) in [5.74, 6) is -0.0970. The maximum Gasteiger partial charge on any atom is 0.285 e. The second kappa shape index (κ2) is 7.38. The number of carbonyl (C=O) groups is 1. The van der Waals surface area contributed by atoms with Gasteiger partial charge in [0.15, 0.2) is 4.99 Å². The second-order valence-corrected chi connectivity index (χ2v) is 6.09. The predicted molar refractivity (Wildman–Crippen MR) is 97.9 cm³/mol. The quantitative estimate of drug-likeness (QED) is 0.881. The number of benzene rings is 2. The van der Waals surface area contributed by atoms with Gasteiger partial charge in [-0.15, -0.1) is 0 Å². The molecule has 0 atom stereocenters. The van der Waals surface area contributed by atoms with Crippen molar-refractivity contribution in [3.05, 3.63) is 65.7 Å². The Hall–Kier alpha value is -2.20. The number of thiocarbonyl (C=S) groups is 1. The van der Waals surface area contributed by atoms with Crippen LogP contribution in [0.15, 0.2) is 54.6 Å². The highest BCUT2D eigenvalue weighted by Gasteiger charge is 2.24. The van der Waals surface area contributed by atoms with Crippen molar-refractivity contribution >= 4 is 28.8 Å². The van der Waals surface area contributed by atoms with E-state index in [1.54, 1.807) is 4.90 Å². The van der Waals surface area contributed by atoms with Crippen LogP contribution in [0, 0.1) is 0 Å². The number of hydrogen-bond acceptors (Lipinski definition) is 2. The SMILES string of the molecule is O=C(C(=S)NCCc1ccccc1)N1CCCc2ccccc21. The van der Waals surface area contributed by atoms with E-state index >= 15 is 0 Å². The molecule has 2 aromatic rings. The molecule has 4 heteroatoms. The summed E-state index contributed by atoms with van der Waals surface area (Å²) < 4.78 is 0. The molecule has 1 aliphatic rings. The van der Waals surface area contributed by atoms with Crippen molar-refractivity contribution in [1.82, 2.24) is 5.32 Å². The van der Waals surface area contributed by atoms with Crippen LogP contribution in [-0.4, -0.2) is 24.0 Å². The molecular formula is C19H20N2OS. The van der Waals surface area contributed by atoms with Crippen molar-refractivity contribution in [2.75, 3.05) is 18.0 Å². The summed E-state index contributed by atoms with van der Waals surface area (Å²) in [5.41, 5.74) is 3.45. The second-order valence-electron chi connectivity index (χ2n) is 5.68. The van der Waals surface area contributed by atoms with Gasteiger partial charge in [-0.3, -0.25) is 4.79 Å². The summed E-state index contributed by atoms with van der Waals surface area (Å²) >= 11 is 5.30. The van der Waals surface area contributed by atoms with Gasteiger partial charge in [0, 0.05) is 18.8 Å². The van der Waals surface area contributed by atoms with Gasteiger partial charge < -0.3 is 10.2 Å². The average Bonchev–Trinajstić information content (AvgIpc) is 2.61. The number of hydrogen-bond donors (Lipinski definition) is 1. The molecule has 0 aliphatic carbocycles. The standard InChI is InChI=1S/C19H20N2OS/c22-19(18(23)20-13-12-15-7-2-1-3-8-15)21-14-6-10-16-9-4-5-11-17(16)21/h1-5,7-9,11H,6,10,12-14H2,(H,20,23). The third kappa shape index (κ3) is 3.77. The van der Waals surface area contributed by atoms with Crippen LogP contribution in [0.2, 0.25) is 0 Å². The normalized spacial score (nSPS) is 13.3. The van der Waals surface area contributed by atoms with E-state index in [2.05, 4.69) is 23.5 Å². The molecule has 0 aromatic heterocycles. The number of rotatable bonds is 3. The minimum atomic E-state index is -0.0970. The molecule has 1 heterocycles. The van der Waals surface area contributed by atoms with E-state index in [1.807, 2.05) is 36.4 Å². The minimum absolute atomic E-state index is 0.0970. The van der Waals surface area contributed by atoms with E-state index in [9.17, 15) is 4.79 Å². The van der Waals surface area contributed by atoms with Gasteiger partial charge in [0.25, 0.3) is 5.91 Å². The number of carbonyl (C=O) groups excluding carboxylic acids is 1. The van der Waals surface area contributed by atoms with Crippen LogP contribution < -0.4 is 10.2 Å². The van der Waals surface area contributed by atoms with Gasteiger partial charge in [0.05, 0.1) is 0 Å². The largest absolute Gasteiger partial charge is 0.371 e. The van der Waals surface area contributed by atoms with Crippen molar-refractivity contribution in [2.24, 2.45) is 0 Å². The summed E-state index contributed by atoms with van der Waals surface area (Å²) in [6, 6.07) is 18.3. The maximum atomic E-state index is 12.6. The maximum absolute atomic E-state index is 12.6. The number of anilines is 1. The number of amides is 1. The first-order valence-electron chi connectivity index (χ1n) is 7.97. The van der Waals surface area contributed by atoms with E-state index in [0.29, 0.717) is 11.5 Å². The zero-order valence-corrected chi connectivity index (χ0v) is 13.8. The molecule has 0 fully saturated rings. The smallest absolute Gasteiger partial charge is 0.285 e. The Balaban J connectivity index is 1.59. The van der Waals surface area contributed by atoms with Crippen LogP contribution >= 0.6 is 12.2 Å². The van der Waals surface area contributed by atoms with Gasteiger partial charge in [-0.1, -0.05) is 60.7 Å². The first-order valence-corrected chi connectivity index (χ1v) is 8.38. The van der Waals surface area contributed by atoms with E-state index in [4.69, 9.17) is 12.2 Å².